The molecule has 0 atom stereocenters. The van der Waals surface area contributed by atoms with Crippen LogP contribution in [0.2, 0.25) is 0 Å². The van der Waals surface area contributed by atoms with E-state index in [0.29, 0.717) is 31.8 Å². The molecular formula is C22H29N3O4. The maximum Gasteiger partial charge on any atom is 0.410 e. The van der Waals surface area contributed by atoms with Crippen LogP contribution in [0.3, 0.4) is 0 Å². The zero-order valence-electron chi connectivity index (χ0n) is 17.3. The number of amides is 3. The summed E-state index contributed by atoms with van der Waals surface area (Å²) in [5.74, 6) is -0.00504. The first kappa shape index (κ1) is 19.7. The summed E-state index contributed by atoms with van der Waals surface area (Å²) in [6.45, 7) is 7.03. The summed E-state index contributed by atoms with van der Waals surface area (Å²) in [7, 11) is 0. The minimum Gasteiger partial charge on any atom is -0.444 e. The fraction of sp³-hybridized carbons (Fsp3) is 0.591. The van der Waals surface area contributed by atoms with Crippen LogP contribution < -0.4 is 10.6 Å². The summed E-state index contributed by atoms with van der Waals surface area (Å²) in [6, 6.07) is 8.19. The summed E-state index contributed by atoms with van der Waals surface area (Å²) in [5, 5.41) is 5.78. The molecular weight excluding hydrogens is 370 g/mol. The highest BCUT2D eigenvalue weighted by atomic mass is 16.6. The third kappa shape index (κ3) is 3.95. The standard InChI is InChI=1S/C22H29N3O4/c1-21(2,3)29-20(28)25-10-8-15(9-11-25)14-4-6-17(7-5-14)24-22-12-16(13-22)18(26)23-19(22)27/h4-7,15-16,24H,8-13H2,1-3H3,(H,23,26,27). The lowest BCUT2D eigenvalue weighted by Crippen LogP contribution is -2.69. The van der Waals surface area contributed by atoms with E-state index in [9.17, 15) is 14.4 Å². The Hall–Kier alpha value is -2.57. The predicted octanol–water partition coefficient (Wildman–Crippen LogP) is 3.02. The third-order valence-corrected chi connectivity index (χ3v) is 6.14. The van der Waals surface area contributed by atoms with Gasteiger partial charge in [-0.05, 0) is 70.1 Å². The second-order valence-electron chi connectivity index (χ2n) is 9.49. The number of nitrogens with zero attached hydrogens (tertiary/aromatic N) is 1. The minimum absolute atomic E-state index is 0.0466. The number of piperidine rings is 3. The van der Waals surface area contributed by atoms with Crippen LogP contribution in [0.15, 0.2) is 24.3 Å². The van der Waals surface area contributed by atoms with E-state index < -0.39 is 11.1 Å². The van der Waals surface area contributed by atoms with Crippen LogP contribution in [0.5, 0.6) is 0 Å². The van der Waals surface area contributed by atoms with Gasteiger partial charge in [-0.3, -0.25) is 14.9 Å². The van der Waals surface area contributed by atoms with Crippen LogP contribution in [-0.2, 0) is 14.3 Å². The van der Waals surface area contributed by atoms with E-state index in [0.717, 1.165) is 18.5 Å². The molecule has 1 aromatic carbocycles. The quantitative estimate of drug-likeness (QED) is 0.763. The lowest BCUT2D eigenvalue weighted by atomic mass is 9.64. The first-order valence-electron chi connectivity index (χ1n) is 10.4. The smallest absolute Gasteiger partial charge is 0.410 e. The van der Waals surface area contributed by atoms with Crippen molar-refractivity contribution in [3.05, 3.63) is 29.8 Å². The molecule has 156 valence electrons. The van der Waals surface area contributed by atoms with Gasteiger partial charge >= 0.3 is 6.09 Å². The third-order valence-electron chi connectivity index (χ3n) is 6.14. The average molecular weight is 399 g/mol. The Morgan fingerprint density at radius 2 is 1.72 bits per heavy atom. The molecule has 0 unspecified atom stereocenters. The lowest BCUT2D eigenvalue weighted by molar-refractivity contribution is -0.148. The highest BCUT2D eigenvalue weighted by Gasteiger charge is 2.57. The number of carbonyl (C=O) groups excluding carboxylic acids is 3. The van der Waals surface area contributed by atoms with E-state index in [1.165, 1.54) is 5.56 Å². The van der Waals surface area contributed by atoms with Crippen molar-refractivity contribution in [3.8, 4) is 0 Å². The van der Waals surface area contributed by atoms with Gasteiger partial charge in [-0.1, -0.05) is 12.1 Å². The van der Waals surface area contributed by atoms with Gasteiger partial charge in [0.05, 0.1) is 0 Å². The number of carbonyl (C=O) groups is 3. The van der Waals surface area contributed by atoms with Gasteiger partial charge in [0.15, 0.2) is 0 Å². The Kier molecular flexibility index (Phi) is 4.79. The Morgan fingerprint density at radius 3 is 2.28 bits per heavy atom. The van der Waals surface area contributed by atoms with Gasteiger partial charge in [0, 0.05) is 24.7 Å². The largest absolute Gasteiger partial charge is 0.444 e. The number of likely N-dealkylation sites (tertiary alicyclic amines) is 1. The van der Waals surface area contributed by atoms with Crippen molar-refractivity contribution >= 4 is 23.6 Å². The van der Waals surface area contributed by atoms with Gasteiger partial charge in [0.1, 0.15) is 11.1 Å². The maximum absolute atomic E-state index is 12.2. The fourth-order valence-electron chi connectivity index (χ4n) is 4.48. The fourth-order valence-corrected chi connectivity index (χ4v) is 4.48. The Labute approximate surface area is 171 Å². The molecule has 3 saturated heterocycles. The highest BCUT2D eigenvalue weighted by molar-refractivity contribution is 6.08. The molecule has 1 aliphatic carbocycles. The molecule has 4 fully saturated rings. The Morgan fingerprint density at radius 1 is 1.10 bits per heavy atom. The number of nitrogens with one attached hydrogen (secondary N) is 2. The van der Waals surface area contributed by atoms with E-state index >= 15 is 0 Å². The van der Waals surface area contributed by atoms with E-state index in [1.54, 1.807) is 4.90 Å². The number of fused-ring (bicyclic) bond motifs is 2. The molecule has 5 rings (SSSR count). The van der Waals surface area contributed by atoms with Gasteiger partial charge in [-0.25, -0.2) is 4.79 Å². The number of anilines is 1. The second-order valence-corrected chi connectivity index (χ2v) is 9.49. The van der Waals surface area contributed by atoms with Gasteiger partial charge < -0.3 is 15.0 Å². The topological polar surface area (TPSA) is 87.7 Å². The van der Waals surface area contributed by atoms with Crippen molar-refractivity contribution in [3.63, 3.8) is 0 Å². The zero-order chi connectivity index (χ0) is 20.8. The molecule has 0 radical (unpaired) electrons. The van der Waals surface area contributed by atoms with Crippen molar-refractivity contribution in [2.75, 3.05) is 18.4 Å². The predicted molar refractivity (Wildman–Crippen MR) is 108 cm³/mol. The average Bonchev–Trinajstić information content (AvgIpc) is 2.62. The van der Waals surface area contributed by atoms with E-state index in [1.807, 2.05) is 32.9 Å². The van der Waals surface area contributed by atoms with Crippen LogP contribution in [0, 0.1) is 5.92 Å². The molecule has 7 heteroatoms. The van der Waals surface area contributed by atoms with Crippen LogP contribution in [-0.4, -0.2) is 47.0 Å². The maximum atomic E-state index is 12.2. The van der Waals surface area contributed by atoms with Gasteiger partial charge in [-0.15, -0.1) is 0 Å². The van der Waals surface area contributed by atoms with Crippen LogP contribution in [0.1, 0.15) is 57.9 Å². The Bertz CT molecular complexity index is 813. The summed E-state index contributed by atoms with van der Waals surface area (Å²) >= 11 is 0. The normalized spacial score (nSPS) is 27.1. The van der Waals surface area contributed by atoms with Crippen molar-refractivity contribution in [1.82, 2.24) is 10.2 Å². The monoisotopic (exact) mass is 399 g/mol. The highest BCUT2D eigenvalue weighted by Crippen LogP contribution is 2.44. The first-order valence-corrected chi connectivity index (χ1v) is 10.4. The molecule has 0 aromatic heterocycles. The SMILES string of the molecule is CC(C)(C)OC(=O)N1CCC(c2ccc(NC34CC(C3)C(=O)NC4=O)cc2)CC1. The molecule has 0 spiro atoms. The molecule has 1 aromatic rings. The minimum atomic E-state index is -0.640. The molecule has 3 heterocycles. The van der Waals surface area contributed by atoms with E-state index in [2.05, 4.69) is 22.8 Å². The molecule has 1 saturated carbocycles. The molecule has 4 aliphatic rings. The van der Waals surface area contributed by atoms with E-state index in [-0.39, 0.29) is 23.8 Å². The number of hydrogen-bond donors (Lipinski definition) is 2. The molecule has 7 nitrogen and oxygen atoms in total. The van der Waals surface area contributed by atoms with Crippen LogP contribution >= 0.6 is 0 Å². The summed E-state index contributed by atoms with van der Waals surface area (Å²) in [6.07, 6.45) is 2.72. The van der Waals surface area contributed by atoms with Crippen molar-refractivity contribution in [2.45, 2.75) is 63.5 Å². The lowest BCUT2D eigenvalue weighted by Gasteiger charge is -2.50. The number of imide groups is 1. The molecule has 2 N–H and O–H groups in total. The molecule has 2 bridgehead atoms. The first-order chi connectivity index (χ1) is 13.7. The van der Waals surface area contributed by atoms with Crippen LogP contribution in [0.4, 0.5) is 10.5 Å². The molecule has 3 amide bonds. The van der Waals surface area contributed by atoms with Gasteiger partial charge in [0.2, 0.25) is 5.91 Å². The summed E-state index contributed by atoms with van der Waals surface area (Å²) in [4.78, 5) is 37.8. The number of rotatable bonds is 3. The second kappa shape index (κ2) is 7.04. The summed E-state index contributed by atoms with van der Waals surface area (Å²) < 4.78 is 5.46. The summed E-state index contributed by atoms with van der Waals surface area (Å²) in [5.41, 5.74) is 1.02. The van der Waals surface area contributed by atoms with Gasteiger partial charge in [0.25, 0.3) is 5.91 Å². The number of ether oxygens (including phenoxy) is 1. The molecule has 3 aliphatic heterocycles. The van der Waals surface area contributed by atoms with Gasteiger partial charge in [-0.2, -0.15) is 0 Å². The van der Waals surface area contributed by atoms with Crippen molar-refractivity contribution in [1.29, 1.82) is 0 Å². The Balaban J connectivity index is 1.32. The zero-order valence-corrected chi connectivity index (χ0v) is 17.3. The van der Waals surface area contributed by atoms with E-state index in [4.69, 9.17) is 4.74 Å². The number of hydrogen-bond acceptors (Lipinski definition) is 5. The van der Waals surface area contributed by atoms with Crippen molar-refractivity contribution in [2.24, 2.45) is 5.92 Å². The van der Waals surface area contributed by atoms with Crippen molar-refractivity contribution < 1.29 is 19.1 Å². The van der Waals surface area contributed by atoms with Crippen LogP contribution in [0.25, 0.3) is 0 Å². The number of benzene rings is 1. The molecule has 29 heavy (non-hydrogen) atoms.